The zero-order chi connectivity index (χ0) is 22.2. The summed E-state index contributed by atoms with van der Waals surface area (Å²) in [6.45, 7) is 7.89. The first-order valence-corrected chi connectivity index (χ1v) is 12.1. The fourth-order valence-corrected chi connectivity index (χ4v) is 4.25. The number of para-hydroxylation sites is 2. The lowest BCUT2D eigenvalue weighted by molar-refractivity contribution is 0.0986. The van der Waals surface area contributed by atoms with Crippen LogP contribution in [0.25, 0.3) is 0 Å². The second-order valence-electron chi connectivity index (χ2n) is 8.31. The first-order valence-electron chi connectivity index (χ1n) is 11.3. The number of nitrogens with one attached hydrogen (secondary N) is 1. The van der Waals surface area contributed by atoms with Gasteiger partial charge in [0.2, 0.25) is 0 Å². The Balaban J connectivity index is 1.66. The normalized spacial score (nSPS) is 15.9. The molecule has 0 saturated heterocycles. The minimum atomic E-state index is 0.00175. The minimum absolute atomic E-state index is 0.00175. The second-order valence-corrected chi connectivity index (χ2v) is 9.17. The van der Waals surface area contributed by atoms with Gasteiger partial charge in [0.1, 0.15) is 5.75 Å². The molecular formula is C25H34BrN3O2. The van der Waals surface area contributed by atoms with Crippen molar-refractivity contribution < 1.29 is 9.53 Å². The Kier molecular flexibility index (Phi) is 8.79. The van der Waals surface area contributed by atoms with Crippen LogP contribution in [0.5, 0.6) is 5.75 Å². The summed E-state index contributed by atoms with van der Waals surface area (Å²) in [5.74, 6) is 0.726. The average Bonchev–Trinajstić information content (AvgIpc) is 2.92. The van der Waals surface area contributed by atoms with Gasteiger partial charge in [-0.15, -0.1) is 0 Å². The van der Waals surface area contributed by atoms with Crippen molar-refractivity contribution in [1.82, 2.24) is 4.90 Å². The summed E-state index contributed by atoms with van der Waals surface area (Å²) >= 11 is 3.57. The third kappa shape index (κ3) is 6.47. The summed E-state index contributed by atoms with van der Waals surface area (Å²) in [4.78, 5) is 17.6. The third-order valence-electron chi connectivity index (χ3n) is 5.60. The summed E-state index contributed by atoms with van der Waals surface area (Å²) in [6.07, 6.45) is 4.16. The number of rotatable bonds is 9. The molecule has 1 N–H and O–H groups in total. The van der Waals surface area contributed by atoms with Crippen molar-refractivity contribution in [3.63, 3.8) is 0 Å². The van der Waals surface area contributed by atoms with Crippen molar-refractivity contribution in [3.8, 4) is 5.75 Å². The molecule has 5 nitrogen and oxygen atoms in total. The Morgan fingerprint density at radius 3 is 2.84 bits per heavy atom. The molecule has 0 aliphatic carbocycles. The maximum Gasteiger partial charge on any atom is 0.258 e. The number of hydrogen-bond acceptors (Lipinski definition) is 4. The number of hydrogen-bond donors (Lipinski definition) is 1. The topological polar surface area (TPSA) is 44.8 Å². The molecule has 1 aliphatic rings. The molecule has 0 aromatic heterocycles. The van der Waals surface area contributed by atoms with Crippen LogP contribution in [0.2, 0.25) is 0 Å². The Morgan fingerprint density at radius 1 is 1.23 bits per heavy atom. The zero-order valence-corrected chi connectivity index (χ0v) is 20.5. The zero-order valence-electron chi connectivity index (χ0n) is 18.9. The molecule has 0 unspecified atom stereocenters. The van der Waals surface area contributed by atoms with Crippen molar-refractivity contribution in [3.05, 3.63) is 52.5 Å². The first kappa shape index (κ1) is 23.6. The number of carbonyl (C=O) groups excluding carboxylic acids is 1. The lowest BCUT2D eigenvalue weighted by atomic mass is 10.1. The van der Waals surface area contributed by atoms with Gasteiger partial charge in [-0.3, -0.25) is 4.79 Å². The van der Waals surface area contributed by atoms with Crippen LogP contribution >= 0.6 is 15.9 Å². The SMILES string of the molecule is CCCN(C)CCCCOc1cc(C(=O)N2CC[C@H](C)Nc3ccccc32)ccc1Br. The fraction of sp³-hybridized carbons (Fsp3) is 0.480. The highest BCUT2D eigenvalue weighted by Crippen LogP contribution is 2.32. The molecule has 2 aromatic rings. The van der Waals surface area contributed by atoms with Gasteiger partial charge in [0.05, 0.1) is 22.5 Å². The summed E-state index contributed by atoms with van der Waals surface area (Å²) < 4.78 is 6.89. The standard InChI is InChI=1S/C25H34BrN3O2/c1-4-14-28(3)15-7-8-17-31-24-18-20(11-12-21(24)26)25(30)29-16-13-19(2)27-22-9-5-6-10-23(22)29/h5-6,9-12,18-19,27H,4,7-8,13-17H2,1-3H3/t19-/m0/s1. The van der Waals surface area contributed by atoms with Gasteiger partial charge >= 0.3 is 0 Å². The molecule has 0 radical (unpaired) electrons. The van der Waals surface area contributed by atoms with E-state index in [1.165, 1.54) is 6.42 Å². The average molecular weight is 488 g/mol. The number of unbranched alkanes of at least 4 members (excludes halogenated alkanes) is 1. The molecule has 0 bridgehead atoms. The molecule has 3 rings (SSSR count). The fourth-order valence-electron chi connectivity index (χ4n) is 3.89. The number of benzene rings is 2. The van der Waals surface area contributed by atoms with Crippen LogP contribution < -0.4 is 15.0 Å². The van der Waals surface area contributed by atoms with Gasteiger partial charge in [-0.2, -0.15) is 0 Å². The van der Waals surface area contributed by atoms with Crippen LogP contribution in [0, 0.1) is 0 Å². The summed E-state index contributed by atoms with van der Waals surface area (Å²) in [5, 5.41) is 3.51. The second kappa shape index (κ2) is 11.5. The van der Waals surface area contributed by atoms with Crippen molar-refractivity contribution in [2.75, 3.05) is 43.5 Å². The minimum Gasteiger partial charge on any atom is -0.492 e. The number of fused-ring (bicyclic) bond motifs is 1. The molecule has 1 amide bonds. The number of ether oxygens (including phenoxy) is 1. The molecule has 6 heteroatoms. The van der Waals surface area contributed by atoms with Crippen molar-refractivity contribution in [1.29, 1.82) is 0 Å². The molecule has 0 spiro atoms. The van der Waals surface area contributed by atoms with E-state index in [1.54, 1.807) is 0 Å². The van der Waals surface area contributed by atoms with Gasteiger partial charge in [-0.05, 0) is 99.0 Å². The van der Waals surface area contributed by atoms with E-state index < -0.39 is 0 Å². The van der Waals surface area contributed by atoms with Crippen LogP contribution in [-0.2, 0) is 0 Å². The molecule has 168 valence electrons. The smallest absolute Gasteiger partial charge is 0.258 e. The predicted molar refractivity (Wildman–Crippen MR) is 132 cm³/mol. The van der Waals surface area contributed by atoms with E-state index >= 15 is 0 Å². The van der Waals surface area contributed by atoms with E-state index in [1.807, 2.05) is 47.4 Å². The van der Waals surface area contributed by atoms with Crippen molar-refractivity contribution >= 4 is 33.2 Å². The van der Waals surface area contributed by atoms with E-state index in [0.29, 0.717) is 24.8 Å². The quantitative estimate of drug-likeness (QED) is 0.453. The summed E-state index contributed by atoms with van der Waals surface area (Å²) in [5.41, 5.74) is 2.58. The van der Waals surface area contributed by atoms with E-state index in [4.69, 9.17) is 4.74 Å². The molecule has 31 heavy (non-hydrogen) atoms. The van der Waals surface area contributed by atoms with Crippen LogP contribution in [0.15, 0.2) is 46.9 Å². The first-order chi connectivity index (χ1) is 15.0. The molecular weight excluding hydrogens is 454 g/mol. The Bertz CT molecular complexity index is 874. The lowest BCUT2D eigenvalue weighted by Crippen LogP contribution is -2.32. The largest absolute Gasteiger partial charge is 0.492 e. The number of nitrogens with zero attached hydrogens (tertiary/aromatic N) is 2. The number of carbonyl (C=O) groups is 1. The maximum atomic E-state index is 13.4. The van der Waals surface area contributed by atoms with Crippen LogP contribution in [0.1, 0.15) is 49.9 Å². The molecule has 0 saturated carbocycles. The molecule has 1 heterocycles. The highest BCUT2D eigenvalue weighted by molar-refractivity contribution is 9.10. The Labute approximate surface area is 194 Å². The maximum absolute atomic E-state index is 13.4. The van der Waals surface area contributed by atoms with Gasteiger partial charge in [0, 0.05) is 18.2 Å². The van der Waals surface area contributed by atoms with Gasteiger partial charge in [-0.1, -0.05) is 19.1 Å². The highest BCUT2D eigenvalue weighted by atomic mass is 79.9. The van der Waals surface area contributed by atoms with E-state index in [2.05, 4.69) is 47.0 Å². The number of anilines is 2. The van der Waals surface area contributed by atoms with E-state index in [0.717, 1.165) is 53.9 Å². The molecule has 2 aromatic carbocycles. The van der Waals surface area contributed by atoms with Crippen LogP contribution in [-0.4, -0.2) is 50.1 Å². The van der Waals surface area contributed by atoms with Gasteiger partial charge in [-0.25, -0.2) is 0 Å². The highest BCUT2D eigenvalue weighted by Gasteiger charge is 2.24. The number of halogens is 1. The Morgan fingerprint density at radius 2 is 2.03 bits per heavy atom. The van der Waals surface area contributed by atoms with Crippen molar-refractivity contribution in [2.45, 2.75) is 45.6 Å². The molecule has 1 aliphatic heterocycles. The molecule has 1 atom stereocenters. The third-order valence-corrected chi connectivity index (χ3v) is 6.26. The van der Waals surface area contributed by atoms with E-state index in [-0.39, 0.29) is 5.91 Å². The van der Waals surface area contributed by atoms with E-state index in [9.17, 15) is 4.79 Å². The van der Waals surface area contributed by atoms with Gasteiger partial charge in [0.15, 0.2) is 0 Å². The number of amides is 1. The predicted octanol–water partition coefficient (Wildman–Crippen LogP) is 5.80. The van der Waals surface area contributed by atoms with Gasteiger partial charge in [0.25, 0.3) is 5.91 Å². The van der Waals surface area contributed by atoms with Crippen molar-refractivity contribution in [2.24, 2.45) is 0 Å². The van der Waals surface area contributed by atoms with Crippen LogP contribution in [0.3, 0.4) is 0 Å². The lowest BCUT2D eigenvalue weighted by Gasteiger charge is -2.23. The Hall–Kier alpha value is -2.05. The molecule has 0 fully saturated rings. The monoisotopic (exact) mass is 487 g/mol. The van der Waals surface area contributed by atoms with Crippen LogP contribution in [0.4, 0.5) is 11.4 Å². The van der Waals surface area contributed by atoms with Gasteiger partial charge < -0.3 is 19.9 Å². The summed E-state index contributed by atoms with van der Waals surface area (Å²) in [7, 11) is 2.16. The summed E-state index contributed by atoms with van der Waals surface area (Å²) in [6, 6.07) is 14.0.